The molecule has 0 saturated heterocycles. The fourth-order valence-corrected chi connectivity index (χ4v) is 1.94. The summed E-state index contributed by atoms with van der Waals surface area (Å²) in [5, 5.41) is 0.143. The van der Waals surface area contributed by atoms with Crippen molar-refractivity contribution in [2.45, 2.75) is 44.9 Å². The van der Waals surface area contributed by atoms with Crippen molar-refractivity contribution in [2.24, 2.45) is 0 Å². The average Bonchev–Trinajstić information content (AvgIpc) is 2.39. The SMILES string of the molecule is CCCCOc1cccc(CC(Cl)CC)c1OC. The number of hydrogen-bond acceptors (Lipinski definition) is 2. The molecule has 0 aliphatic rings. The van der Waals surface area contributed by atoms with E-state index in [9.17, 15) is 0 Å². The van der Waals surface area contributed by atoms with Crippen molar-refractivity contribution in [1.82, 2.24) is 0 Å². The molecule has 0 aliphatic carbocycles. The second kappa shape index (κ2) is 8.25. The number of para-hydroxylation sites is 1. The maximum Gasteiger partial charge on any atom is 0.163 e. The standard InChI is InChI=1S/C15H23ClO2/c1-4-6-10-18-14-9-7-8-12(15(14)17-3)11-13(16)5-2/h7-9,13H,4-6,10-11H2,1-3H3. The summed E-state index contributed by atoms with van der Waals surface area (Å²) in [5.74, 6) is 1.65. The number of benzene rings is 1. The van der Waals surface area contributed by atoms with E-state index in [0.717, 1.165) is 49.4 Å². The first-order valence-corrected chi connectivity index (χ1v) is 7.09. The molecule has 18 heavy (non-hydrogen) atoms. The lowest BCUT2D eigenvalue weighted by Gasteiger charge is -2.15. The Kier molecular flexibility index (Phi) is 6.96. The summed E-state index contributed by atoms with van der Waals surface area (Å²) in [6.07, 6.45) is 3.94. The van der Waals surface area contributed by atoms with Crippen molar-refractivity contribution in [2.75, 3.05) is 13.7 Å². The summed E-state index contributed by atoms with van der Waals surface area (Å²) in [4.78, 5) is 0. The van der Waals surface area contributed by atoms with E-state index in [1.807, 2.05) is 12.1 Å². The Morgan fingerprint density at radius 1 is 1.28 bits per heavy atom. The fraction of sp³-hybridized carbons (Fsp3) is 0.600. The number of hydrogen-bond donors (Lipinski definition) is 0. The van der Waals surface area contributed by atoms with Gasteiger partial charge in [-0.3, -0.25) is 0 Å². The van der Waals surface area contributed by atoms with Crippen LogP contribution < -0.4 is 9.47 Å². The molecule has 0 amide bonds. The molecule has 0 radical (unpaired) electrons. The number of alkyl halides is 1. The minimum atomic E-state index is 0.143. The zero-order chi connectivity index (χ0) is 13.4. The second-order valence-corrected chi connectivity index (χ2v) is 4.98. The van der Waals surface area contributed by atoms with Crippen molar-refractivity contribution in [3.05, 3.63) is 23.8 Å². The van der Waals surface area contributed by atoms with E-state index < -0.39 is 0 Å². The molecule has 1 aromatic rings. The van der Waals surface area contributed by atoms with Crippen LogP contribution in [0.4, 0.5) is 0 Å². The van der Waals surface area contributed by atoms with E-state index in [2.05, 4.69) is 19.9 Å². The summed E-state index contributed by atoms with van der Waals surface area (Å²) >= 11 is 6.21. The van der Waals surface area contributed by atoms with Gasteiger partial charge in [0.25, 0.3) is 0 Å². The Hall–Kier alpha value is -0.890. The highest BCUT2D eigenvalue weighted by Crippen LogP contribution is 2.32. The highest BCUT2D eigenvalue weighted by atomic mass is 35.5. The van der Waals surface area contributed by atoms with Gasteiger partial charge in [-0.2, -0.15) is 0 Å². The van der Waals surface area contributed by atoms with Gasteiger partial charge in [-0.1, -0.05) is 32.4 Å². The van der Waals surface area contributed by atoms with Crippen molar-refractivity contribution < 1.29 is 9.47 Å². The monoisotopic (exact) mass is 270 g/mol. The maximum absolute atomic E-state index is 6.21. The minimum Gasteiger partial charge on any atom is -0.493 e. The lowest BCUT2D eigenvalue weighted by Crippen LogP contribution is -2.05. The third-order valence-electron chi connectivity index (χ3n) is 2.90. The predicted octanol–water partition coefficient (Wildman–Crippen LogP) is 4.43. The van der Waals surface area contributed by atoms with Crippen LogP contribution in [-0.4, -0.2) is 19.1 Å². The first kappa shape index (κ1) is 15.2. The second-order valence-electron chi connectivity index (χ2n) is 4.36. The number of methoxy groups -OCH3 is 1. The van der Waals surface area contributed by atoms with Crippen molar-refractivity contribution in [1.29, 1.82) is 0 Å². The average molecular weight is 271 g/mol. The zero-order valence-corrected chi connectivity index (χ0v) is 12.3. The molecule has 0 saturated carbocycles. The Balaban J connectivity index is 2.80. The maximum atomic E-state index is 6.21. The third-order valence-corrected chi connectivity index (χ3v) is 3.37. The lowest BCUT2D eigenvalue weighted by molar-refractivity contribution is 0.287. The molecule has 2 nitrogen and oxygen atoms in total. The van der Waals surface area contributed by atoms with Crippen LogP contribution in [0, 0.1) is 0 Å². The molecular weight excluding hydrogens is 248 g/mol. The van der Waals surface area contributed by atoms with Crippen molar-refractivity contribution in [3.63, 3.8) is 0 Å². The molecular formula is C15H23ClO2. The molecule has 1 aromatic carbocycles. The van der Waals surface area contributed by atoms with E-state index in [4.69, 9.17) is 21.1 Å². The lowest BCUT2D eigenvalue weighted by atomic mass is 10.1. The Morgan fingerprint density at radius 3 is 2.67 bits per heavy atom. The summed E-state index contributed by atoms with van der Waals surface area (Å²) in [5.41, 5.74) is 1.12. The van der Waals surface area contributed by atoms with Crippen molar-refractivity contribution >= 4 is 11.6 Å². The molecule has 0 spiro atoms. The van der Waals surface area contributed by atoms with Crippen LogP contribution >= 0.6 is 11.6 Å². The molecule has 0 heterocycles. The third kappa shape index (κ3) is 4.41. The van der Waals surface area contributed by atoms with Gasteiger partial charge < -0.3 is 9.47 Å². The summed E-state index contributed by atoms with van der Waals surface area (Å²) in [6, 6.07) is 6.00. The minimum absolute atomic E-state index is 0.143. The first-order chi connectivity index (χ1) is 8.72. The summed E-state index contributed by atoms with van der Waals surface area (Å²) in [7, 11) is 1.68. The van der Waals surface area contributed by atoms with E-state index in [0.29, 0.717) is 0 Å². The van der Waals surface area contributed by atoms with E-state index >= 15 is 0 Å². The van der Waals surface area contributed by atoms with Gasteiger partial charge in [0.1, 0.15) is 0 Å². The number of rotatable bonds is 8. The molecule has 0 aliphatic heterocycles. The summed E-state index contributed by atoms with van der Waals surface area (Å²) < 4.78 is 11.2. The fourth-order valence-electron chi connectivity index (χ4n) is 1.78. The van der Waals surface area contributed by atoms with Gasteiger partial charge in [-0.15, -0.1) is 11.6 Å². The number of halogens is 1. The van der Waals surface area contributed by atoms with Crippen LogP contribution in [0.3, 0.4) is 0 Å². The van der Waals surface area contributed by atoms with Gasteiger partial charge in [-0.25, -0.2) is 0 Å². The van der Waals surface area contributed by atoms with Gasteiger partial charge >= 0.3 is 0 Å². The van der Waals surface area contributed by atoms with Gasteiger partial charge in [0.2, 0.25) is 0 Å². The molecule has 102 valence electrons. The Morgan fingerprint density at radius 2 is 2.06 bits per heavy atom. The Bertz CT molecular complexity index is 352. The Labute approximate surface area is 115 Å². The van der Waals surface area contributed by atoms with Crippen LogP contribution in [0.5, 0.6) is 11.5 Å². The topological polar surface area (TPSA) is 18.5 Å². The molecule has 3 heteroatoms. The molecule has 0 fully saturated rings. The van der Waals surface area contributed by atoms with Gasteiger partial charge in [0.05, 0.1) is 13.7 Å². The summed E-state index contributed by atoms with van der Waals surface area (Å²) in [6.45, 7) is 4.97. The number of unbranched alkanes of at least 4 members (excludes halogenated alkanes) is 1. The van der Waals surface area contributed by atoms with Gasteiger partial charge in [-0.05, 0) is 30.9 Å². The first-order valence-electron chi connectivity index (χ1n) is 6.65. The largest absolute Gasteiger partial charge is 0.493 e. The number of ether oxygens (including phenoxy) is 2. The highest BCUT2D eigenvalue weighted by molar-refractivity contribution is 6.20. The molecule has 1 atom stereocenters. The molecule has 1 rings (SSSR count). The van der Waals surface area contributed by atoms with Gasteiger partial charge in [0, 0.05) is 5.38 Å². The van der Waals surface area contributed by atoms with E-state index in [1.165, 1.54) is 0 Å². The van der Waals surface area contributed by atoms with Crippen LogP contribution in [0.25, 0.3) is 0 Å². The van der Waals surface area contributed by atoms with Crippen LogP contribution in [0.1, 0.15) is 38.7 Å². The van der Waals surface area contributed by atoms with E-state index in [-0.39, 0.29) is 5.38 Å². The smallest absolute Gasteiger partial charge is 0.163 e. The quantitative estimate of drug-likeness (QED) is 0.514. The van der Waals surface area contributed by atoms with Crippen LogP contribution in [0.2, 0.25) is 0 Å². The molecule has 0 aromatic heterocycles. The normalized spacial score (nSPS) is 12.2. The highest BCUT2D eigenvalue weighted by Gasteiger charge is 2.13. The molecule has 0 bridgehead atoms. The zero-order valence-electron chi connectivity index (χ0n) is 11.5. The van der Waals surface area contributed by atoms with Crippen molar-refractivity contribution in [3.8, 4) is 11.5 Å². The van der Waals surface area contributed by atoms with Crippen LogP contribution in [0.15, 0.2) is 18.2 Å². The molecule has 1 unspecified atom stereocenters. The van der Waals surface area contributed by atoms with Crippen LogP contribution in [-0.2, 0) is 6.42 Å². The van der Waals surface area contributed by atoms with E-state index in [1.54, 1.807) is 7.11 Å². The molecule has 0 N–H and O–H groups in total. The predicted molar refractivity (Wildman–Crippen MR) is 77.0 cm³/mol. The van der Waals surface area contributed by atoms with Gasteiger partial charge in [0.15, 0.2) is 11.5 Å².